The summed E-state index contributed by atoms with van der Waals surface area (Å²) in [5, 5.41) is 14.2. The summed E-state index contributed by atoms with van der Waals surface area (Å²) >= 11 is 0. The molecule has 6 heteroatoms. The summed E-state index contributed by atoms with van der Waals surface area (Å²) in [4.78, 5) is 10.4. The maximum atomic E-state index is 10.8. The second-order valence-electron chi connectivity index (χ2n) is 5.78. The average Bonchev–Trinajstić information content (AvgIpc) is 2.92. The molecule has 6 nitrogen and oxygen atoms in total. The maximum absolute atomic E-state index is 10.8. The van der Waals surface area contributed by atoms with Crippen LogP contribution < -0.4 is 5.32 Å². The zero-order valence-corrected chi connectivity index (χ0v) is 12.1. The summed E-state index contributed by atoms with van der Waals surface area (Å²) in [5.74, 6) is -0.345. The summed E-state index contributed by atoms with van der Waals surface area (Å²) in [7, 11) is 0. The molecular weight excluding hydrogens is 272 g/mol. The summed E-state index contributed by atoms with van der Waals surface area (Å²) in [6, 6.07) is 5.31. The molecule has 1 heterocycles. The molecular formula is C15H20N2O4. The molecule has 114 valence electrons. The first-order chi connectivity index (χ1) is 10.1. The lowest BCUT2D eigenvalue weighted by Gasteiger charge is -2.36. The van der Waals surface area contributed by atoms with Gasteiger partial charge in [0.15, 0.2) is 5.79 Å². The molecule has 1 N–H and O–H groups in total. The first kappa shape index (κ1) is 14.3. The van der Waals surface area contributed by atoms with Crippen molar-refractivity contribution in [2.24, 2.45) is 0 Å². The van der Waals surface area contributed by atoms with Crippen LogP contribution >= 0.6 is 0 Å². The number of rotatable bonds is 3. The van der Waals surface area contributed by atoms with E-state index in [0.29, 0.717) is 19.3 Å². The highest BCUT2D eigenvalue weighted by Gasteiger charge is 2.40. The minimum Gasteiger partial charge on any atom is -0.382 e. The van der Waals surface area contributed by atoms with Crippen molar-refractivity contribution in [3.63, 3.8) is 0 Å². The molecule has 1 spiro atoms. The number of nitro benzene ring substituents is 1. The normalized spacial score (nSPS) is 21.6. The summed E-state index contributed by atoms with van der Waals surface area (Å²) in [6.45, 7) is 3.28. The van der Waals surface area contributed by atoms with Gasteiger partial charge in [0.1, 0.15) is 0 Å². The molecule has 0 bridgehead atoms. The third kappa shape index (κ3) is 3.01. The third-order valence-corrected chi connectivity index (χ3v) is 4.34. The monoisotopic (exact) mass is 292 g/mol. The molecule has 1 saturated carbocycles. The van der Waals surface area contributed by atoms with Crippen LogP contribution in [-0.4, -0.2) is 30.0 Å². The minimum absolute atomic E-state index is 0.133. The van der Waals surface area contributed by atoms with Crippen LogP contribution in [0.15, 0.2) is 18.2 Å². The SMILES string of the molecule is Cc1cc([N+](=O)[O-])ccc1NC1CCC2(CC1)OCCO2. The Morgan fingerprint density at radius 1 is 1.29 bits per heavy atom. The van der Waals surface area contributed by atoms with Crippen molar-refractivity contribution >= 4 is 11.4 Å². The van der Waals surface area contributed by atoms with E-state index in [1.165, 1.54) is 0 Å². The number of nitrogens with one attached hydrogen (secondary N) is 1. The van der Waals surface area contributed by atoms with Gasteiger partial charge >= 0.3 is 0 Å². The van der Waals surface area contributed by atoms with Gasteiger partial charge in [-0.1, -0.05) is 0 Å². The Morgan fingerprint density at radius 2 is 1.95 bits per heavy atom. The number of nitrogens with zero attached hydrogens (tertiary/aromatic N) is 1. The fourth-order valence-corrected chi connectivity index (χ4v) is 3.13. The van der Waals surface area contributed by atoms with E-state index in [1.54, 1.807) is 18.2 Å². The van der Waals surface area contributed by atoms with E-state index in [4.69, 9.17) is 9.47 Å². The lowest BCUT2D eigenvalue weighted by Crippen LogP contribution is -2.39. The summed E-state index contributed by atoms with van der Waals surface area (Å²) in [5.41, 5.74) is 2.00. The molecule has 1 aliphatic heterocycles. The van der Waals surface area contributed by atoms with E-state index in [0.717, 1.165) is 36.9 Å². The van der Waals surface area contributed by atoms with Gasteiger partial charge in [-0.3, -0.25) is 10.1 Å². The van der Waals surface area contributed by atoms with Crippen molar-refractivity contribution in [2.45, 2.75) is 44.4 Å². The van der Waals surface area contributed by atoms with Gasteiger partial charge in [0.25, 0.3) is 5.69 Å². The van der Waals surface area contributed by atoms with Gasteiger partial charge in [0.05, 0.1) is 18.1 Å². The molecule has 2 aliphatic rings. The lowest BCUT2D eigenvalue weighted by atomic mass is 9.89. The number of ether oxygens (including phenoxy) is 2. The molecule has 1 saturated heterocycles. The lowest BCUT2D eigenvalue weighted by molar-refractivity contribution is -0.384. The summed E-state index contributed by atoms with van der Waals surface area (Å²) < 4.78 is 11.4. The number of hydrogen-bond donors (Lipinski definition) is 1. The number of anilines is 1. The molecule has 2 fully saturated rings. The van der Waals surface area contributed by atoms with E-state index in [2.05, 4.69) is 5.32 Å². The minimum atomic E-state index is -0.365. The van der Waals surface area contributed by atoms with Gasteiger partial charge in [0.2, 0.25) is 0 Å². The van der Waals surface area contributed by atoms with Crippen LogP contribution in [0.1, 0.15) is 31.2 Å². The fraction of sp³-hybridized carbons (Fsp3) is 0.600. The molecule has 0 atom stereocenters. The molecule has 1 aromatic rings. The van der Waals surface area contributed by atoms with Crippen LogP contribution in [0.5, 0.6) is 0 Å². The Labute approximate surface area is 123 Å². The van der Waals surface area contributed by atoms with Crippen molar-refractivity contribution in [3.05, 3.63) is 33.9 Å². The quantitative estimate of drug-likeness (QED) is 0.684. The third-order valence-electron chi connectivity index (χ3n) is 4.34. The predicted octanol–water partition coefficient (Wildman–Crippen LogP) is 3.00. The van der Waals surface area contributed by atoms with E-state index in [9.17, 15) is 10.1 Å². The smallest absolute Gasteiger partial charge is 0.269 e. The first-order valence-corrected chi connectivity index (χ1v) is 7.37. The summed E-state index contributed by atoms with van der Waals surface area (Å²) in [6.07, 6.45) is 3.76. The molecule has 0 unspecified atom stereocenters. The van der Waals surface area contributed by atoms with Crippen molar-refractivity contribution in [1.82, 2.24) is 0 Å². The zero-order chi connectivity index (χ0) is 14.9. The molecule has 3 rings (SSSR count). The molecule has 0 amide bonds. The molecule has 0 aromatic heterocycles. The maximum Gasteiger partial charge on any atom is 0.269 e. The largest absolute Gasteiger partial charge is 0.382 e. The second-order valence-corrected chi connectivity index (χ2v) is 5.78. The van der Waals surface area contributed by atoms with Crippen LogP contribution in [0.2, 0.25) is 0 Å². The fourth-order valence-electron chi connectivity index (χ4n) is 3.13. The van der Waals surface area contributed by atoms with E-state index in [1.807, 2.05) is 6.92 Å². The topological polar surface area (TPSA) is 73.6 Å². The molecule has 21 heavy (non-hydrogen) atoms. The Morgan fingerprint density at radius 3 is 2.52 bits per heavy atom. The predicted molar refractivity (Wildman–Crippen MR) is 78.3 cm³/mol. The van der Waals surface area contributed by atoms with Crippen LogP contribution in [0, 0.1) is 17.0 Å². The van der Waals surface area contributed by atoms with Gasteiger partial charge < -0.3 is 14.8 Å². The highest BCUT2D eigenvalue weighted by Crippen LogP contribution is 2.37. The first-order valence-electron chi connectivity index (χ1n) is 7.37. The number of hydrogen-bond acceptors (Lipinski definition) is 5. The van der Waals surface area contributed by atoms with Crippen molar-refractivity contribution < 1.29 is 14.4 Å². The van der Waals surface area contributed by atoms with Crippen molar-refractivity contribution in [3.8, 4) is 0 Å². The van der Waals surface area contributed by atoms with E-state index >= 15 is 0 Å². The van der Waals surface area contributed by atoms with E-state index in [-0.39, 0.29) is 16.4 Å². The Kier molecular flexibility index (Phi) is 3.82. The number of aryl methyl sites for hydroxylation is 1. The van der Waals surface area contributed by atoms with Crippen LogP contribution in [0.25, 0.3) is 0 Å². The van der Waals surface area contributed by atoms with Crippen LogP contribution in [-0.2, 0) is 9.47 Å². The molecule has 1 aliphatic carbocycles. The Balaban J connectivity index is 1.61. The molecule has 0 radical (unpaired) electrons. The van der Waals surface area contributed by atoms with Crippen molar-refractivity contribution in [2.75, 3.05) is 18.5 Å². The van der Waals surface area contributed by atoms with Gasteiger partial charge in [-0.2, -0.15) is 0 Å². The average molecular weight is 292 g/mol. The molecule has 1 aromatic carbocycles. The van der Waals surface area contributed by atoms with Crippen LogP contribution in [0.3, 0.4) is 0 Å². The highest BCUT2D eigenvalue weighted by atomic mass is 16.7. The number of non-ortho nitro benzene ring substituents is 1. The van der Waals surface area contributed by atoms with Gasteiger partial charge in [-0.15, -0.1) is 0 Å². The van der Waals surface area contributed by atoms with Gasteiger partial charge in [-0.05, 0) is 31.4 Å². The van der Waals surface area contributed by atoms with Gasteiger partial charge in [-0.25, -0.2) is 0 Å². The second kappa shape index (κ2) is 5.61. The van der Waals surface area contributed by atoms with Crippen molar-refractivity contribution in [1.29, 1.82) is 0 Å². The number of nitro groups is 1. The standard InChI is InChI=1S/C15H20N2O4/c1-11-10-13(17(18)19)2-3-14(11)16-12-4-6-15(7-5-12)20-8-9-21-15/h2-3,10,12,16H,4-9H2,1H3. The Bertz CT molecular complexity index is 530. The number of benzene rings is 1. The van der Waals surface area contributed by atoms with E-state index < -0.39 is 0 Å². The zero-order valence-electron chi connectivity index (χ0n) is 12.1. The van der Waals surface area contributed by atoms with Gasteiger partial charge in [0, 0.05) is 36.7 Å². The highest BCUT2D eigenvalue weighted by molar-refractivity contribution is 5.55. The Hall–Kier alpha value is -1.66. The van der Waals surface area contributed by atoms with Crippen LogP contribution in [0.4, 0.5) is 11.4 Å².